The smallest absolute Gasteiger partial charge is 0.245 e. The summed E-state index contributed by atoms with van der Waals surface area (Å²) in [4.78, 5) is 3.75. The number of hydrogen-bond acceptors (Lipinski definition) is 4. The van der Waals surface area contributed by atoms with Crippen LogP contribution in [-0.4, -0.2) is 41.0 Å². The summed E-state index contributed by atoms with van der Waals surface area (Å²) in [6.07, 6.45) is 2.33. The molecule has 1 aliphatic heterocycles. The molecular formula is C9H17N5O2S. The molecule has 2 unspecified atom stereocenters. The van der Waals surface area contributed by atoms with Crippen molar-refractivity contribution in [2.45, 2.75) is 20.3 Å². The minimum Gasteiger partial charge on any atom is -0.245 e. The number of rotatable bonds is 3. The summed E-state index contributed by atoms with van der Waals surface area (Å²) >= 11 is 0. The van der Waals surface area contributed by atoms with Crippen molar-refractivity contribution in [3.63, 3.8) is 0 Å². The zero-order valence-electron chi connectivity index (χ0n) is 9.92. The van der Waals surface area contributed by atoms with E-state index in [1.165, 1.54) is 10.6 Å². The zero-order chi connectivity index (χ0) is 12.5. The number of aromatic amines is 1. The van der Waals surface area contributed by atoms with Crippen LogP contribution < -0.4 is 4.72 Å². The Hall–Kier alpha value is -1.15. The van der Waals surface area contributed by atoms with E-state index in [-0.39, 0.29) is 5.95 Å². The third-order valence-corrected chi connectivity index (χ3v) is 4.25. The van der Waals surface area contributed by atoms with E-state index in [9.17, 15) is 8.42 Å². The molecule has 96 valence electrons. The molecule has 0 aliphatic carbocycles. The maximum absolute atomic E-state index is 12.1. The van der Waals surface area contributed by atoms with Crippen molar-refractivity contribution in [3.8, 4) is 0 Å². The second-order valence-electron chi connectivity index (χ2n) is 4.70. The summed E-state index contributed by atoms with van der Waals surface area (Å²) in [5, 5.41) is 6.08. The van der Waals surface area contributed by atoms with Gasteiger partial charge in [0.25, 0.3) is 0 Å². The Balaban J connectivity index is 2.09. The Morgan fingerprint density at radius 3 is 2.59 bits per heavy atom. The Morgan fingerprint density at radius 2 is 2.06 bits per heavy atom. The highest BCUT2D eigenvalue weighted by Crippen LogP contribution is 2.23. The van der Waals surface area contributed by atoms with Crippen LogP contribution in [0.25, 0.3) is 0 Å². The number of hydrogen-bond donors (Lipinski definition) is 2. The van der Waals surface area contributed by atoms with Crippen molar-refractivity contribution >= 4 is 16.2 Å². The first-order chi connectivity index (χ1) is 7.97. The van der Waals surface area contributed by atoms with Crippen molar-refractivity contribution < 1.29 is 8.42 Å². The van der Waals surface area contributed by atoms with Gasteiger partial charge in [0.1, 0.15) is 6.33 Å². The Morgan fingerprint density at radius 1 is 1.41 bits per heavy atom. The lowest BCUT2D eigenvalue weighted by Gasteiger charge is -2.33. The fourth-order valence-corrected chi connectivity index (χ4v) is 3.62. The molecule has 2 rings (SSSR count). The van der Waals surface area contributed by atoms with Gasteiger partial charge < -0.3 is 0 Å². The number of aromatic nitrogens is 3. The second kappa shape index (κ2) is 4.61. The van der Waals surface area contributed by atoms with E-state index in [0.29, 0.717) is 24.9 Å². The highest BCUT2D eigenvalue weighted by Gasteiger charge is 2.30. The summed E-state index contributed by atoms with van der Waals surface area (Å²) in [6.45, 7) is 5.22. The highest BCUT2D eigenvalue weighted by atomic mass is 32.2. The van der Waals surface area contributed by atoms with Crippen LogP contribution in [0.4, 0.5) is 5.95 Å². The molecule has 7 nitrogen and oxygen atoms in total. The van der Waals surface area contributed by atoms with Crippen molar-refractivity contribution in [2.24, 2.45) is 11.8 Å². The standard InChI is InChI=1S/C9H17N5O2S/c1-7-3-8(2)5-14(4-7)17(15,16)13-9-10-6-11-12-9/h6-8H,3-5H2,1-2H3,(H2,10,11,12,13). The van der Waals surface area contributed by atoms with Crippen LogP contribution in [0.15, 0.2) is 6.33 Å². The van der Waals surface area contributed by atoms with Crippen molar-refractivity contribution in [1.82, 2.24) is 19.5 Å². The Labute approximate surface area is 101 Å². The molecule has 2 heterocycles. The van der Waals surface area contributed by atoms with Gasteiger partial charge >= 0.3 is 10.2 Å². The lowest BCUT2D eigenvalue weighted by molar-refractivity contribution is 0.223. The van der Waals surface area contributed by atoms with Gasteiger partial charge in [-0.3, -0.25) is 0 Å². The molecule has 0 amide bonds. The predicted molar refractivity (Wildman–Crippen MR) is 63.4 cm³/mol. The van der Waals surface area contributed by atoms with Gasteiger partial charge in [-0.25, -0.2) is 9.82 Å². The number of nitrogens with one attached hydrogen (secondary N) is 2. The monoisotopic (exact) mass is 259 g/mol. The van der Waals surface area contributed by atoms with Crippen LogP contribution in [0.5, 0.6) is 0 Å². The lowest BCUT2D eigenvalue weighted by atomic mass is 9.94. The first kappa shape index (κ1) is 12.3. The van der Waals surface area contributed by atoms with Crippen molar-refractivity contribution in [3.05, 3.63) is 6.33 Å². The summed E-state index contributed by atoms with van der Waals surface area (Å²) in [5.41, 5.74) is 0. The summed E-state index contributed by atoms with van der Waals surface area (Å²) in [7, 11) is -3.52. The number of H-pyrrole nitrogens is 1. The SMILES string of the molecule is CC1CC(C)CN(S(=O)(=O)Nc2ncn[nH]2)C1. The van der Waals surface area contributed by atoms with Gasteiger partial charge in [0.2, 0.25) is 5.95 Å². The molecule has 1 aromatic rings. The van der Waals surface area contributed by atoms with Gasteiger partial charge in [0.15, 0.2) is 0 Å². The molecular weight excluding hydrogens is 242 g/mol. The fourth-order valence-electron chi connectivity index (χ4n) is 2.24. The molecule has 1 aliphatic rings. The average Bonchev–Trinajstić information content (AvgIpc) is 2.68. The van der Waals surface area contributed by atoms with Crippen LogP contribution in [0.3, 0.4) is 0 Å². The average molecular weight is 259 g/mol. The minimum atomic E-state index is -3.52. The van der Waals surface area contributed by atoms with E-state index in [4.69, 9.17) is 0 Å². The number of piperidine rings is 1. The summed E-state index contributed by atoms with van der Waals surface area (Å²) in [6, 6.07) is 0. The molecule has 17 heavy (non-hydrogen) atoms. The summed E-state index contributed by atoms with van der Waals surface area (Å²) < 4.78 is 28.0. The number of anilines is 1. The maximum Gasteiger partial charge on any atom is 0.303 e. The van der Waals surface area contributed by atoms with E-state index < -0.39 is 10.2 Å². The fraction of sp³-hybridized carbons (Fsp3) is 0.778. The molecule has 8 heteroatoms. The van der Waals surface area contributed by atoms with Crippen molar-refractivity contribution in [2.75, 3.05) is 17.8 Å². The lowest BCUT2D eigenvalue weighted by Crippen LogP contribution is -2.45. The van der Waals surface area contributed by atoms with E-state index in [2.05, 4.69) is 33.8 Å². The van der Waals surface area contributed by atoms with Crippen LogP contribution in [-0.2, 0) is 10.2 Å². The molecule has 1 fully saturated rings. The van der Waals surface area contributed by atoms with Crippen LogP contribution >= 0.6 is 0 Å². The van der Waals surface area contributed by atoms with Crippen molar-refractivity contribution in [1.29, 1.82) is 0 Å². The number of nitrogens with zero attached hydrogens (tertiary/aromatic N) is 3. The van der Waals surface area contributed by atoms with Gasteiger partial charge in [0, 0.05) is 13.1 Å². The quantitative estimate of drug-likeness (QED) is 0.824. The molecule has 0 aromatic carbocycles. The largest absolute Gasteiger partial charge is 0.303 e. The van der Waals surface area contributed by atoms with E-state index >= 15 is 0 Å². The van der Waals surface area contributed by atoms with Gasteiger partial charge in [-0.1, -0.05) is 13.8 Å². The molecule has 0 spiro atoms. The second-order valence-corrected chi connectivity index (χ2v) is 6.37. The summed E-state index contributed by atoms with van der Waals surface area (Å²) in [5.74, 6) is 0.908. The Bertz CT molecular complexity index is 448. The molecule has 0 saturated carbocycles. The third-order valence-electron chi connectivity index (χ3n) is 2.82. The highest BCUT2D eigenvalue weighted by molar-refractivity contribution is 7.90. The molecule has 2 N–H and O–H groups in total. The first-order valence-corrected chi connectivity index (χ1v) is 7.04. The van der Waals surface area contributed by atoms with E-state index in [1.54, 1.807) is 0 Å². The van der Waals surface area contributed by atoms with Gasteiger partial charge in [0.05, 0.1) is 0 Å². The third kappa shape index (κ3) is 2.95. The maximum atomic E-state index is 12.1. The molecule has 0 bridgehead atoms. The van der Waals surface area contributed by atoms with Gasteiger partial charge in [-0.2, -0.15) is 22.8 Å². The topological polar surface area (TPSA) is 91.0 Å². The Kier molecular flexibility index (Phi) is 3.34. The molecule has 1 saturated heterocycles. The predicted octanol–water partition coefficient (Wildman–Crippen LogP) is 0.439. The molecule has 1 aromatic heterocycles. The van der Waals surface area contributed by atoms with Crippen LogP contribution in [0.1, 0.15) is 20.3 Å². The van der Waals surface area contributed by atoms with E-state index in [0.717, 1.165) is 6.42 Å². The minimum absolute atomic E-state index is 0.149. The normalized spacial score (nSPS) is 26.9. The molecule has 2 atom stereocenters. The van der Waals surface area contributed by atoms with Crippen LogP contribution in [0.2, 0.25) is 0 Å². The van der Waals surface area contributed by atoms with E-state index in [1.807, 2.05) is 0 Å². The van der Waals surface area contributed by atoms with Crippen LogP contribution in [0, 0.1) is 11.8 Å². The first-order valence-electron chi connectivity index (χ1n) is 5.60. The zero-order valence-corrected chi connectivity index (χ0v) is 10.7. The van der Waals surface area contributed by atoms with Gasteiger partial charge in [-0.15, -0.1) is 0 Å². The molecule has 0 radical (unpaired) electrons. The van der Waals surface area contributed by atoms with Gasteiger partial charge in [-0.05, 0) is 18.3 Å².